The summed E-state index contributed by atoms with van der Waals surface area (Å²) in [5.41, 5.74) is 1.61. The number of halogens is 1. The van der Waals surface area contributed by atoms with E-state index in [-0.39, 0.29) is 22.9 Å². The number of carbonyl (C=O) groups excluding carboxylic acids is 2. The number of hydrogen-bond acceptors (Lipinski definition) is 6. The summed E-state index contributed by atoms with van der Waals surface area (Å²) in [6, 6.07) is 12.5. The van der Waals surface area contributed by atoms with Crippen molar-refractivity contribution in [1.29, 1.82) is 0 Å². The van der Waals surface area contributed by atoms with Crippen LogP contribution in [0.5, 0.6) is 5.75 Å². The van der Waals surface area contributed by atoms with Gasteiger partial charge in [-0.1, -0.05) is 31.5 Å². The highest BCUT2D eigenvalue weighted by atomic mass is 35.5. The van der Waals surface area contributed by atoms with Crippen molar-refractivity contribution >= 4 is 35.1 Å². The lowest BCUT2D eigenvalue weighted by atomic mass is 9.73. The first-order valence-corrected chi connectivity index (χ1v) is 11.9. The van der Waals surface area contributed by atoms with Crippen LogP contribution in [0.3, 0.4) is 0 Å². The Hall–Kier alpha value is -3.49. The molecular formula is C26H26ClN5O3. The number of anilines is 2. The number of ether oxygens (including phenoxy) is 1. The molecule has 1 fully saturated rings. The van der Waals surface area contributed by atoms with Crippen LogP contribution in [0.2, 0.25) is 5.02 Å². The molecule has 0 radical (unpaired) electrons. The molecule has 2 aromatic heterocycles. The summed E-state index contributed by atoms with van der Waals surface area (Å²) in [6.07, 6.45) is 4.74. The fraction of sp³-hybridized carbons (Fsp3) is 0.308. The van der Waals surface area contributed by atoms with Crippen LogP contribution in [0.25, 0.3) is 0 Å². The van der Waals surface area contributed by atoms with Gasteiger partial charge in [0.25, 0.3) is 11.8 Å². The van der Waals surface area contributed by atoms with E-state index in [2.05, 4.69) is 39.8 Å². The van der Waals surface area contributed by atoms with Gasteiger partial charge in [0.2, 0.25) is 0 Å². The molecule has 4 bridgehead atoms. The molecule has 0 saturated carbocycles. The van der Waals surface area contributed by atoms with Crippen LogP contribution in [0.4, 0.5) is 11.6 Å². The number of nitrogens with zero attached hydrogens (tertiary/aromatic N) is 2. The Labute approximate surface area is 208 Å². The summed E-state index contributed by atoms with van der Waals surface area (Å²) in [6.45, 7) is 5.30. The fourth-order valence-corrected chi connectivity index (χ4v) is 4.74. The first kappa shape index (κ1) is 23.3. The molecule has 2 atom stereocenters. The molecule has 2 aliphatic rings. The van der Waals surface area contributed by atoms with Crippen molar-refractivity contribution in [1.82, 2.24) is 15.3 Å². The third-order valence-corrected chi connectivity index (χ3v) is 6.97. The smallest absolute Gasteiger partial charge is 0.260 e. The second-order valence-corrected chi connectivity index (χ2v) is 9.81. The van der Waals surface area contributed by atoms with E-state index in [0.717, 1.165) is 24.9 Å². The molecule has 0 aliphatic carbocycles. The van der Waals surface area contributed by atoms with Gasteiger partial charge in [0.15, 0.2) is 0 Å². The molecule has 0 spiro atoms. The Morgan fingerprint density at radius 3 is 2.71 bits per heavy atom. The molecule has 9 heteroatoms. The van der Waals surface area contributed by atoms with E-state index in [9.17, 15) is 9.59 Å². The molecule has 3 N–H and O–H groups in total. The van der Waals surface area contributed by atoms with Crippen molar-refractivity contribution in [3.8, 4) is 5.75 Å². The SMILES string of the molecule is CC1(C)c2ccc(C(=O)Nc3ncccc3C(=O)Nc3ccc(Cl)cn3)c(c2)OC2CCNC1C2. The quantitative estimate of drug-likeness (QED) is 0.498. The monoisotopic (exact) mass is 491 g/mol. The van der Waals surface area contributed by atoms with Gasteiger partial charge >= 0.3 is 0 Å². The number of hydrogen-bond donors (Lipinski definition) is 3. The van der Waals surface area contributed by atoms with Crippen LogP contribution in [-0.4, -0.2) is 40.5 Å². The van der Waals surface area contributed by atoms with Gasteiger partial charge in [-0.3, -0.25) is 9.59 Å². The standard InChI is InChI=1S/C26H26ClN5O3/c1-26(2)15-5-7-18(20(12-15)35-17-9-11-28-21(26)13-17)24(33)32-23-19(4-3-10-29-23)25(34)31-22-8-6-16(27)14-30-22/h3-8,10,12,14,17,21,28H,9,11,13H2,1-2H3,(H,29,32,33)(H,30,31,34). The molecular weight excluding hydrogens is 466 g/mol. The molecule has 1 saturated heterocycles. The van der Waals surface area contributed by atoms with E-state index >= 15 is 0 Å². The maximum Gasteiger partial charge on any atom is 0.260 e. The van der Waals surface area contributed by atoms with Crippen molar-refractivity contribution in [2.24, 2.45) is 0 Å². The second-order valence-electron chi connectivity index (χ2n) is 9.37. The second kappa shape index (κ2) is 9.28. The fourth-order valence-electron chi connectivity index (χ4n) is 4.62. The molecule has 4 heterocycles. The van der Waals surface area contributed by atoms with E-state index in [1.807, 2.05) is 12.1 Å². The van der Waals surface area contributed by atoms with E-state index in [1.165, 1.54) is 12.4 Å². The number of rotatable bonds is 4. The summed E-state index contributed by atoms with van der Waals surface area (Å²) in [4.78, 5) is 34.5. The molecule has 2 amide bonds. The van der Waals surface area contributed by atoms with Gasteiger partial charge in [-0.15, -0.1) is 0 Å². The first-order chi connectivity index (χ1) is 16.8. The van der Waals surface area contributed by atoms with Crippen LogP contribution in [0.15, 0.2) is 54.9 Å². The van der Waals surface area contributed by atoms with Crippen LogP contribution in [0, 0.1) is 0 Å². The molecule has 35 heavy (non-hydrogen) atoms. The lowest BCUT2D eigenvalue weighted by Crippen LogP contribution is -2.52. The first-order valence-electron chi connectivity index (χ1n) is 11.5. The minimum Gasteiger partial charge on any atom is -0.489 e. The van der Waals surface area contributed by atoms with Gasteiger partial charge in [-0.2, -0.15) is 0 Å². The van der Waals surface area contributed by atoms with Crippen molar-refractivity contribution in [3.05, 3.63) is 76.6 Å². The predicted octanol–water partition coefficient (Wildman–Crippen LogP) is 4.43. The number of nitrogens with one attached hydrogen (secondary N) is 3. The predicted molar refractivity (Wildman–Crippen MR) is 134 cm³/mol. The minimum atomic E-state index is -0.452. The van der Waals surface area contributed by atoms with Crippen LogP contribution in [-0.2, 0) is 5.41 Å². The van der Waals surface area contributed by atoms with Crippen LogP contribution in [0.1, 0.15) is 53.0 Å². The maximum atomic E-state index is 13.3. The zero-order chi connectivity index (χ0) is 24.6. The third-order valence-electron chi connectivity index (χ3n) is 6.74. The maximum absolute atomic E-state index is 13.3. The number of fused-ring (bicyclic) bond motifs is 4. The normalized spacial score (nSPS) is 20.1. The summed E-state index contributed by atoms with van der Waals surface area (Å²) in [5.74, 6) is 0.183. The Morgan fingerprint density at radius 2 is 1.91 bits per heavy atom. The lowest BCUT2D eigenvalue weighted by molar-refractivity contribution is 0.0979. The Kier molecular flexibility index (Phi) is 6.17. The van der Waals surface area contributed by atoms with Gasteiger partial charge < -0.3 is 20.7 Å². The minimum absolute atomic E-state index is 0.0330. The molecule has 5 rings (SSSR count). The number of amides is 2. The molecule has 2 aliphatic heterocycles. The van der Waals surface area contributed by atoms with Gasteiger partial charge in [-0.25, -0.2) is 9.97 Å². The zero-order valence-corrected chi connectivity index (χ0v) is 20.2. The van der Waals surface area contributed by atoms with E-state index in [0.29, 0.717) is 28.2 Å². The zero-order valence-electron chi connectivity index (χ0n) is 19.5. The Morgan fingerprint density at radius 1 is 1.09 bits per heavy atom. The largest absolute Gasteiger partial charge is 0.489 e. The van der Waals surface area contributed by atoms with E-state index < -0.39 is 11.8 Å². The van der Waals surface area contributed by atoms with Crippen molar-refractivity contribution in [2.75, 3.05) is 17.2 Å². The Balaban J connectivity index is 1.40. The highest BCUT2D eigenvalue weighted by molar-refractivity contribution is 6.30. The Bertz CT molecular complexity index is 1280. The summed E-state index contributed by atoms with van der Waals surface area (Å²) in [5, 5.41) is 9.55. The number of aromatic nitrogens is 2. The molecule has 8 nitrogen and oxygen atoms in total. The van der Waals surface area contributed by atoms with E-state index in [4.69, 9.17) is 16.3 Å². The van der Waals surface area contributed by atoms with Crippen molar-refractivity contribution < 1.29 is 14.3 Å². The lowest BCUT2D eigenvalue weighted by Gasteiger charge is -2.43. The van der Waals surface area contributed by atoms with Crippen molar-refractivity contribution in [3.63, 3.8) is 0 Å². The third kappa shape index (κ3) is 4.72. The van der Waals surface area contributed by atoms with Gasteiger partial charge in [-0.05, 0) is 54.9 Å². The number of piperidine rings is 1. The molecule has 3 aromatic rings. The van der Waals surface area contributed by atoms with Gasteiger partial charge in [0, 0.05) is 30.3 Å². The van der Waals surface area contributed by atoms with Crippen molar-refractivity contribution in [2.45, 2.75) is 44.2 Å². The molecule has 2 unspecified atom stereocenters. The van der Waals surface area contributed by atoms with Gasteiger partial charge in [0.05, 0.1) is 16.1 Å². The average molecular weight is 492 g/mol. The molecule has 180 valence electrons. The van der Waals surface area contributed by atoms with Crippen LogP contribution < -0.4 is 20.7 Å². The number of benzene rings is 1. The van der Waals surface area contributed by atoms with Gasteiger partial charge in [0.1, 0.15) is 23.5 Å². The van der Waals surface area contributed by atoms with Crippen LogP contribution >= 0.6 is 11.6 Å². The summed E-state index contributed by atoms with van der Waals surface area (Å²) < 4.78 is 6.30. The van der Waals surface area contributed by atoms with E-state index in [1.54, 1.807) is 30.3 Å². The average Bonchev–Trinajstić information content (AvgIpc) is 2.85. The highest BCUT2D eigenvalue weighted by Crippen LogP contribution is 2.38. The topological polar surface area (TPSA) is 105 Å². The number of pyridine rings is 2. The number of carbonyl (C=O) groups is 2. The molecule has 1 aromatic carbocycles. The summed E-state index contributed by atoms with van der Waals surface area (Å²) >= 11 is 5.86. The summed E-state index contributed by atoms with van der Waals surface area (Å²) in [7, 11) is 0. The highest BCUT2D eigenvalue weighted by Gasteiger charge is 2.38.